The van der Waals surface area contributed by atoms with Gasteiger partial charge >= 0.3 is 0 Å². The van der Waals surface area contributed by atoms with Crippen LogP contribution < -0.4 is 0 Å². The largest absolute Gasteiger partial charge is 0.456 e. The molecule has 4 heterocycles. The molecule has 0 spiro atoms. The van der Waals surface area contributed by atoms with Crippen LogP contribution in [-0.2, 0) is 0 Å². The van der Waals surface area contributed by atoms with E-state index in [-0.39, 0.29) is 0 Å². The predicted octanol–water partition coefficient (Wildman–Crippen LogP) is 14.8. The van der Waals surface area contributed by atoms with Gasteiger partial charge in [-0.25, -0.2) is 15.0 Å². The fourth-order valence-corrected chi connectivity index (χ4v) is 10.8. The van der Waals surface area contributed by atoms with Crippen molar-refractivity contribution in [2.75, 3.05) is 0 Å². The third-order valence-electron chi connectivity index (χ3n) is 10.9. The number of nitrogens with zero attached hydrogens (tertiary/aromatic N) is 3. The number of fused-ring (bicyclic) bond motifs is 9. The minimum Gasteiger partial charge on any atom is -0.456 e. The predicted molar refractivity (Wildman–Crippen MR) is 240 cm³/mol. The molecule has 0 saturated heterocycles. The second kappa shape index (κ2) is 12.8. The molecule has 4 aromatic heterocycles. The van der Waals surface area contributed by atoms with E-state index in [1.165, 1.54) is 57.2 Å². The van der Waals surface area contributed by atoms with Crippen LogP contribution in [0.15, 0.2) is 180 Å². The van der Waals surface area contributed by atoms with Gasteiger partial charge in [-0.15, -0.1) is 22.7 Å². The Morgan fingerprint density at radius 2 is 0.895 bits per heavy atom. The summed E-state index contributed by atoms with van der Waals surface area (Å²) in [6, 6.07) is 61.9. The number of thiophene rings is 2. The van der Waals surface area contributed by atoms with Crippen LogP contribution in [0.1, 0.15) is 0 Å². The highest BCUT2D eigenvalue weighted by molar-refractivity contribution is 7.27. The van der Waals surface area contributed by atoms with Crippen LogP contribution in [0.5, 0.6) is 0 Å². The molecule has 4 nitrogen and oxygen atoms in total. The van der Waals surface area contributed by atoms with E-state index in [1.54, 1.807) is 0 Å². The monoisotopic (exact) mass is 763 g/mol. The lowest BCUT2D eigenvalue weighted by Crippen LogP contribution is -2.00. The van der Waals surface area contributed by atoms with Gasteiger partial charge in [-0.3, -0.25) is 0 Å². The smallest absolute Gasteiger partial charge is 0.164 e. The number of hydrogen-bond donors (Lipinski definition) is 0. The SMILES string of the molecule is c1ccc(-c2cc(-c3cccc4c3sc3cccc(-c5nc(-c6ccccc6)nc(-c6cccc7oc8ccccc8c67)n5)c34)c3sc4ccccc4c3c2)cc1. The molecule has 0 bridgehead atoms. The molecule has 6 heteroatoms. The molecule has 0 atom stereocenters. The molecule has 0 aliphatic heterocycles. The van der Waals surface area contributed by atoms with Crippen molar-refractivity contribution in [1.29, 1.82) is 0 Å². The standard InChI is InChI=1S/C51H29N3OS2/c1-3-14-30(15-4-1)32-28-39-33-18-8-10-26-43(33)56-48(39)40(29-32)34-20-11-21-36-46-38(23-13-27-44(46)57-47(34)36)51-53-49(31-16-5-2-6-17-31)52-50(54-51)37-22-12-25-42-45(37)35-19-7-9-24-41(35)55-42/h1-29H. The summed E-state index contributed by atoms with van der Waals surface area (Å²) >= 11 is 3.71. The van der Waals surface area contributed by atoms with Crippen molar-refractivity contribution in [2.45, 2.75) is 0 Å². The molecule has 12 aromatic rings. The molecule has 0 unspecified atom stereocenters. The van der Waals surface area contributed by atoms with E-state index < -0.39 is 0 Å². The first-order chi connectivity index (χ1) is 28.2. The zero-order chi connectivity index (χ0) is 37.5. The molecule has 0 amide bonds. The average Bonchev–Trinajstić information content (AvgIpc) is 3.98. The van der Waals surface area contributed by atoms with Crippen molar-refractivity contribution < 1.29 is 4.42 Å². The number of furan rings is 1. The molecule has 8 aromatic carbocycles. The first-order valence-electron chi connectivity index (χ1n) is 18.9. The van der Waals surface area contributed by atoms with Crippen LogP contribution >= 0.6 is 22.7 Å². The summed E-state index contributed by atoms with van der Waals surface area (Å²) in [5, 5.41) is 6.95. The average molecular weight is 764 g/mol. The molecule has 0 N–H and O–H groups in total. The van der Waals surface area contributed by atoms with Crippen molar-refractivity contribution >= 4 is 85.0 Å². The molecule has 0 radical (unpaired) electrons. The normalized spacial score (nSPS) is 11.9. The molecule has 266 valence electrons. The summed E-state index contributed by atoms with van der Waals surface area (Å²) in [7, 11) is 0. The summed E-state index contributed by atoms with van der Waals surface area (Å²) in [5.41, 5.74) is 9.37. The van der Waals surface area contributed by atoms with Crippen LogP contribution in [-0.4, -0.2) is 15.0 Å². The molecule has 0 aliphatic carbocycles. The van der Waals surface area contributed by atoms with Gasteiger partial charge in [-0.1, -0.05) is 140 Å². The second-order valence-electron chi connectivity index (χ2n) is 14.3. The lowest BCUT2D eigenvalue weighted by Gasteiger charge is -2.11. The fourth-order valence-electron chi connectivity index (χ4n) is 8.36. The minimum atomic E-state index is 0.609. The van der Waals surface area contributed by atoms with Crippen LogP contribution in [0.25, 0.3) is 119 Å². The summed E-state index contributed by atoms with van der Waals surface area (Å²) in [4.78, 5) is 15.7. The summed E-state index contributed by atoms with van der Waals surface area (Å²) < 4.78 is 11.3. The Labute approximate surface area is 335 Å². The second-order valence-corrected chi connectivity index (χ2v) is 16.4. The topological polar surface area (TPSA) is 51.8 Å². The summed E-state index contributed by atoms with van der Waals surface area (Å²) in [6.07, 6.45) is 0. The number of rotatable bonds is 5. The maximum atomic E-state index is 6.29. The molecular weight excluding hydrogens is 735 g/mol. The van der Waals surface area contributed by atoms with Crippen molar-refractivity contribution in [2.24, 2.45) is 0 Å². The third kappa shape index (κ3) is 5.15. The molecular formula is C51H29N3OS2. The molecule has 0 saturated carbocycles. The van der Waals surface area contributed by atoms with Gasteiger partial charge in [0.2, 0.25) is 0 Å². The Morgan fingerprint density at radius 3 is 1.72 bits per heavy atom. The Kier molecular flexibility index (Phi) is 7.24. The van der Waals surface area contributed by atoms with Crippen molar-refractivity contribution in [3.8, 4) is 56.4 Å². The highest BCUT2D eigenvalue weighted by atomic mass is 32.1. The highest BCUT2D eigenvalue weighted by Gasteiger charge is 2.22. The Morgan fingerprint density at radius 1 is 0.333 bits per heavy atom. The van der Waals surface area contributed by atoms with Crippen LogP contribution in [0.4, 0.5) is 0 Å². The van der Waals surface area contributed by atoms with E-state index in [2.05, 4.69) is 127 Å². The van der Waals surface area contributed by atoms with Gasteiger partial charge in [-0.05, 0) is 47.5 Å². The molecule has 0 fully saturated rings. The van der Waals surface area contributed by atoms with Gasteiger partial charge in [0.05, 0.1) is 0 Å². The van der Waals surface area contributed by atoms with Crippen molar-refractivity contribution in [1.82, 2.24) is 15.0 Å². The highest BCUT2D eigenvalue weighted by Crippen LogP contribution is 2.48. The van der Waals surface area contributed by atoms with E-state index >= 15 is 0 Å². The van der Waals surface area contributed by atoms with E-state index in [0.29, 0.717) is 17.5 Å². The molecule has 57 heavy (non-hydrogen) atoms. The lowest BCUT2D eigenvalue weighted by atomic mass is 9.95. The van der Waals surface area contributed by atoms with Crippen molar-refractivity contribution in [3.05, 3.63) is 176 Å². The van der Waals surface area contributed by atoms with E-state index in [4.69, 9.17) is 19.4 Å². The van der Waals surface area contributed by atoms with E-state index in [9.17, 15) is 0 Å². The van der Waals surface area contributed by atoms with Crippen LogP contribution in [0.3, 0.4) is 0 Å². The first-order valence-corrected chi connectivity index (χ1v) is 20.6. The van der Waals surface area contributed by atoms with Gasteiger partial charge in [0.25, 0.3) is 0 Å². The molecule has 0 aliphatic rings. The van der Waals surface area contributed by atoms with E-state index in [1.807, 2.05) is 71.2 Å². The molecule has 12 rings (SSSR count). The maximum Gasteiger partial charge on any atom is 0.164 e. The lowest BCUT2D eigenvalue weighted by molar-refractivity contribution is 0.669. The number of hydrogen-bond acceptors (Lipinski definition) is 6. The van der Waals surface area contributed by atoms with Crippen molar-refractivity contribution in [3.63, 3.8) is 0 Å². The fraction of sp³-hybridized carbons (Fsp3) is 0. The zero-order valence-electron chi connectivity index (χ0n) is 30.3. The van der Waals surface area contributed by atoms with Crippen LogP contribution in [0.2, 0.25) is 0 Å². The zero-order valence-corrected chi connectivity index (χ0v) is 31.9. The van der Waals surface area contributed by atoms with E-state index in [0.717, 1.165) is 44.0 Å². The Hall–Kier alpha value is -6.99. The quantitative estimate of drug-likeness (QED) is 0.175. The van der Waals surface area contributed by atoms with Gasteiger partial charge in [0.1, 0.15) is 11.2 Å². The third-order valence-corrected chi connectivity index (χ3v) is 13.4. The summed E-state index contributed by atoms with van der Waals surface area (Å²) in [5.74, 6) is 1.87. The Balaban J connectivity index is 1.11. The first kappa shape index (κ1) is 32.3. The number of para-hydroxylation sites is 1. The van der Waals surface area contributed by atoms with Gasteiger partial charge in [-0.2, -0.15) is 0 Å². The van der Waals surface area contributed by atoms with Crippen LogP contribution in [0, 0.1) is 0 Å². The van der Waals surface area contributed by atoms with Gasteiger partial charge in [0, 0.05) is 78.9 Å². The maximum absolute atomic E-state index is 6.29. The minimum absolute atomic E-state index is 0.609. The summed E-state index contributed by atoms with van der Waals surface area (Å²) in [6.45, 7) is 0. The number of benzene rings is 8. The van der Waals surface area contributed by atoms with Gasteiger partial charge in [0.15, 0.2) is 17.5 Å². The van der Waals surface area contributed by atoms with Gasteiger partial charge < -0.3 is 4.42 Å². The Bertz CT molecular complexity index is 3530. The number of aromatic nitrogens is 3.